The van der Waals surface area contributed by atoms with E-state index < -0.39 is 18.0 Å². The second kappa shape index (κ2) is 7.57. The molecule has 8 heteroatoms. The number of hydrogen-bond donors (Lipinski definition) is 0. The predicted octanol–water partition coefficient (Wildman–Crippen LogP) is 2.46. The molecule has 2 aromatic rings. The predicted molar refractivity (Wildman–Crippen MR) is 90.5 cm³/mol. The first-order valence-electron chi connectivity index (χ1n) is 7.71. The Labute approximate surface area is 143 Å². The van der Waals surface area contributed by atoms with E-state index in [2.05, 4.69) is 4.98 Å². The zero-order chi connectivity index (χ0) is 17.9. The van der Waals surface area contributed by atoms with E-state index in [4.69, 9.17) is 9.47 Å². The van der Waals surface area contributed by atoms with Gasteiger partial charge in [0.05, 0.1) is 25.4 Å². The summed E-state index contributed by atoms with van der Waals surface area (Å²) in [6, 6.07) is -0.734. The second-order valence-electron chi connectivity index (χ2n) is 5.28. The fourth-order valence-corrected chi connectivity index (χ4v) is 3.48. The zero-order valence-corrected chi connectivity index (χ0v) is 14.9. The van der Waals surface area contributed by atoms with E-state index in [1.807, 2.05) is 6.92 Å². The first-order valence-corrected chi connectivity index (χ1v) is 8.53. The highest BCUT2D eigenvalue weighted by atomic mass is 32.1. The van der Waals surface area contributed by atoms with Crippen LogP contribution in [-0.2, 0) is 14.3 Å². The van der Waals surface area contributed by atoms with Gasteiger partial charge < -0.3 is 9.47 Å². The van der Waals surface area contributed by atoms with Crippen molar-refractivity contribution >= 4 is 33.5 Å². The molecule has 2 heterocycles. The van der Waals surface area contributed by atoms with Crippen molar-refractivity contribution in [1.82, 2.24) is 9.55 Å². The number of rotatable bonds is 6. The lowest BCUT2D eigenvalue weighted by Gasteiger charge is -2.16. The SMILES string of the molecule is CCCOC(=O)[C@@H](CC)n1cnc2sc(C(=O)OC)c(C)c2c1=O. The van der Waals surface area contributed by atoms with Crippen molar-refractivity contribution in [3.05, 3.63) is 27.1 Å². The number of nitrogens with zero attached hydrogens (tertiary/aromatic N) is 2. The van der Waals surface area contributed by atoms with Gasteiger partial charge in [0, 0.05) is 0 Å². The number of carbonyl (C=O) groups excluding carboxylic acids is 2. The van der Waals surface area contributed by atoms with E-state index in [9.17, 15) is 14.4 Å². The molecule has 0 spiro atoms. The molecule has 7 nitrogen and oxygen atoms in total. The maximum absolute atomic E-state index is 12.8. The minimum absolute atomic E-state index is 0.309. The van der Waals surface area contributed by atoms with Gasteiger partial charge in [0.2, 0.25) is 0 Å². The van der Waals surface area contributed by atoms with Crippen LogP contribution in [0.15, 0.2) is 11.1 Å². The average Bonchev–Trinajstić information content (AvgIpc) is 2.92. The van der Waals surface area contributed by atoms with Crippen LogP contribution in [0.4, 0.5) is 0 Å². The molecular formula is C16H20N2O5S. The molecule has 0 radical (unpaired) electrons. The van der Waals surface area contributed by atoms with E-state index in [-0.39, 0.29) is 5.56 Å². The largest absolute Gasteiger partial charge is 0.465 e. The molecule has 0 aliphatic rings. The quantitative estimate of drug-likeness (QED) is 0.742. The first-order chi connectivity index (χ1) is 11.5. The molecule has 0 saturated heterocycles. The molecule has 2 aromatic heterocycles. The van der Waals surface area contributed by atoms with Gasteiger partial charge in [-0.05, 0) is 25.3 Å². The number of aryl methyl sites for hydroxylation is 1. The normalized spacial score (nSPS) is 12.2. The molecule has 0 unspecified atom stereocenters. The van der Waals surface area contributed by atoms with Crippen LogP contribution in [0.3, 0.4) is 0 Å². The number of hydrogen-bond acceptors (Lipinski definition) is 7. The minimum Gasteiger partial charge on any atom is -0.465 e. The van der Waals surface area contributed by atoms with Crippen molar-refractivity contribution in [3.8, 4) is 0 Å². The van der Waals surface area contributed by atoms with Gasteiger partial charge >= 0.3 is 11.9 Å². The molecule has 0 saturated carbocycles. The highest BCUT2D eigenvalue weighted by Crippen LogP contribution is 2.28. The summed E-state index contributed by atoms with van der Waals surface area (Å²) in [5.41, 5.74) is 0.162. The van der Waals surface area contributed by atoms with Crippen molar-refractivity contribution in [3.63, 3.8) is 0 Å². The third kappa shape index (κ3) is 3.19. The summed E-state index contributed by atoms with van der Waals surface area (Å²) in [7, 11) is 1.29. The maximum atomic E-state index is 12.8. The standard InChI is InChI=1S/C16H20N2O5S/c1-5-7-23-15(20)10(6-2)18-8-17-13-11(14(18)19)9(3)12(24-13)16(21)22-4/h8,10H,5-7H2,1-4H3/t10-/m1/s1. The summed E-state index contributed by atoms with van der Waals surface area (Å²) >= 11 is 1.11. The van der Waals surface area contributed by atoms with Gasteiger partial charge in [0.15, 0.2) is 0 Å². The van der Waals surface area contributed by atoms with Crippen LogP contribution in [0.5, 0.6) is 0 Å². The van der Waals surface area contributed by atoms with Crippen LogP contribution in [-0.4, -0.2) is 35.2 Å². The van der Waals surface area contributed by atoms with Crippen LogP contribution < -0.4 is 5.56 Å². The van der Waals surface area contributed by atoms with Crippen molar-refractivity contribution in [2.24, 2.45) is 0 Å². The Morgan fingerprint density at radius 2 is 2.08 bits per heavy atom. The molecule has 0 aliphatic heterocycles. The molecule has 2 rings (SSSR count). The highest BCUT2D eigenvalue weighted by Gasteiger charge is 2.25. The Morgan fingerprint density at radius 3 is 2.67 bits per heavy atom. The van der Waals surface area contributed by atoms with Gasteiger partial charge in [-0.25, -0.2) is 14.6 Å². The van der Waals surface area contributed by atoms with Crippen LogP contribution >= 0.6 is 11.3 Å². The van der Waals surface area contributed by atoms with Crippen molar-refractivity contribution in [1.29, 1.82) is 0 Å². The molecule has 0 N–H and O–H groups in total. The molecule has 24 heavy (non-hydrogen) atoms. The second-order valence-corrected chi connectivity index (χ2v) is 6.28. The van der Waals surface area contributed by atoms with Crippen LogP contribution in [0.25, 0.3) is 10.2 Å². The van der Waals surface area contributed by atoms with Gasteiger partial charge in [-0.1, -0.05) is 13.8 Å². The topological polar surface area (TPSA) is 87.5 Å². The minimum atomic E-state index is -0.734. The Hall–Kier alpha value is -2.22. The number of esters is 2. The average molecular weight is 352 g/mol. The Bertz CT molecular complexity index is 824. The summed E-state index contributed by atoms with van der Waals surface area (Å²) in [5, 5.41) is 0.338. The van der Waals surface area contributed by atoms with Gasteiger partial charge in [-0.15, -0.1) is 11.3 Å². The lowest BCUT2D eigenvalue weighted by atomic mass is 10.2. The van der Waals surface area contributed by atoms with E-state index >= 15 is 0 Å². The molecule has 0 fully saturated rings. The highest BCUT2D eigenvalue weighted by molar-refractivity contribution is 7.20. The third-order valence-corrected chi connectivity index (χ3v) is 4.87. The monoisotopic (exact) mass is 352 g/mol. The lowest BCUT2D eigenvalue weighted by molar-refractivity contribution is -0.147. The van der Waals surface area contributed by atoms with E-state index in [1.165, 1.54) is 18.0 Å². The molecule has 1 atom stereocenters. The Balaban J connectivity index is 2.54. The fourth-order valence-electron chi connectivity index (χ4n) is 2.42. The number of thiophene rings is 1. The molecule has 0 aromatic carbocycles. The van der Waals surface area contributed by atoms with Gasteiger partial charge in [0.25, 0.3) is 5.56 Å². The molecule has 0 aliphatic carbocycles. The smallest absolute Gasteiger partial charge is 0.348 e. The molecule has 0 amide bonds. The fraction of sp³-hybridized carbons (Fsp3) is 0.500. The summed E-state index contributed by atoms with van der Waals surface area (Å²) in [6.07, 6.45) is 2.45. The van der Waals surface area contributed by atoms with Crippen molar-refractivity contribution in [2.75, 3.05) is 13.7 Å². The summed E-state index contributed by atoms with van der Waals surface area (Å²) < 4.78 is 11.2. The zero-order valence-electron chi connectivity index (χ0n) is 14.1. The summed E-state index contributed by atoms with van der Waals surface area (Å²) in [5.74, 6) is -0.959. The molecule has 0 bridgehead atoms. The molecular weight excluding hydrogens is 332 g/mol. The number of fused-ring (bicyclic) bond motifs is 1. The van der Waals surface area contributed by atoms with E-state index in [0.717, 1.165) is 11.3 Å². The Kier molecular flexibility index (Phi) is 5.71. The third-order valence-electron chi connectivity index (χ3n) is 3.69. The lowest BCUT2D eigenvalue weighted by Crippen LogP contribution is -2.31. The number of aromatic nitrogens is 2. The number of methoxy groups -OCH3 is 1. The van der Waals surface area contributed by atoms with E-state index in [1.54, 1.807) is 13.8 Å². The van der Waals surface area contributed by atoms with Crippen LogP contribution in [0.1, 0.15) is 48.0 Å². The number of ether oxygens (including phenoxy) is 2. The summed E-state index contributed by atoms with van der Waals surface area (Å²) in [6.45, 7) is 5.69. The van der Waals surface area contributed by atoms with Gasteiger partial charge in [-0.3, -0.25) is 9.36 Å². The number of carbonyl (C=O) groups is 2. The maximum Gasteiger partial charge on any atom is 0.348 e. The van der Waals surface area contributed by atoms with Crippen LogP contribution in [0, 0.1) is 6.92 Å². The van der Waals surface area contributed by atoms with Crippen LogP contribution in [0.2, 0.25) is 0 Å². The van der Waals surface area contributed by atoms with Crippen molar-refractivity contribution in [2.45, 2.75) is 39.7 Å². The van der Waals surface area contributed by atoms with Crippen molar-refractivity contribution < 1.29 is 19.1 Å². The van der Waals surface area contributed by atoms with E-state index in [0.29, 0.717) is 40.1 Å². The Morgan fingerprint density at radius 1 is 1.38 bits per heavy atom. The van der Waals surface area contributed by atoms with Gasteiger partial charge in [-0.2, -0.15) is 0 Å². The first kappa shape index (κ1) is 18.1. The van der Waals surface area contributed by atoms with Gasteiger partial charge in [0.1, 0.15) is 15.7 Å². The molecule has 130 valence electrons. The summed E-state index contributed by atoms with van der Waals surface area (Å²) in [4.78, 5) is 41.8.